The van der Waals surface area contributed by atoms with E-state index in [2.05, 4.69) is 16.8 Å². The monoisotopic (exact) mass is 301 g/mol. The number of hydrogen-bond acceptors (Lipinski definition) is 3. The van der Waals surface area contributed by atoms with Gasteiger partial charge in [-0.25, -0.2) is 4.89 Å². The van der Waals surface area contributed by atoms with E-state index >= 15 is 0 Å². The molecule has 120 valence electrons. The first-order chi connectivity index (χ1) is 9.88. The van der Waals surface area contributed by atoms with E-state index in [9.17, 15) is 0 Å². The Labute approximate surface area is 127 Å². The third kappa shape index (κ3) is 8.40. The highest BCUT2D eigenvalue weighted by molar-refractivity contribution is 6.34. The fourth-order valence-corrected chi connectivity index (χ4v) is 5.61. The predicted octanol–water partition coefficient (Wildman–Crippen LogP) is 3.88. The number of unbranched alkanes of at least 4 members (excludes halogenated alkanes) is 3. The Balaban J connectivity index is 2.36. The van der Waals surface area contributed by atoms with E-state index in [1.54, 1.807) is 0 Å². The minimum absolute atomic E-state index is 0.109. The molecule has 2 unspecified atom stereocenters. The van der Waals surface area contributed by atoms with Crippen molar-refractivity contribution in [2.24, 2.45) is 5.92 Å². The normalized spacial score (nSPS) is 23.4. The third-order valence-electron chi connectivity index (χ3n) is 4.74. The molecule has 2 atom stereocenters. The summed E-state index contributed by atoms with van der Waals surface area (Å²) in [4.78, 5) is 8.03. The Bertz CT molecular complexity index is 209. The average molecular weight is 302 g/mol. The van der Waals surface area contributed by atoms with Gasteiger partial charge in [-0.1, -0.05) is 58.3 Å². The molecule has 0 aromatic heterocycles. The highest BCUT2D eigenvalue weighted by Gasteiger charge is 2.21. The van der Waals surface area contributed by atoms with Gasteiger partial charge in [-0.2, -0.15) is 0 Å². The summed E-state index contributed by atoms with van der Waals surface area (Å²) in [7, 11) is -0.109. The van der Waals surface area contributed by atoms with E-state index in [0.717, 1.165) is 17.9 Å². The molecule has 1 aliphatic heterocycles. The van der Waals surface area contributed by atoms with Crippen LogP contribution >= 0.6 is 0 Å². The quantitative estimate of drug-likeness (QED) is 0.278. The molecule has 1 heterocycles. The van der Waals surface area contributed by atoms with Crippen LogP contribution in [0.2, 0.25) is 5.54 Å². The molecule has 1 fully saturated rings. The SMILES string of the molecule is CCCCCCC(CCCOO)C1CCCCCN[SiH2]1. The second-order valence-electron chi connectivity index (χ2n) is 6.40. The molecule has 4 heteroatoms. The minimum Gasteiger partial charge on any atom is -0.342 e. The first kappa shape index (κ1) is 18.1. The van der Waals surface area contributed by atoms with E-state index in [4.69, 9.17) is 5.26 Å². The maximum absolute atomic E-state index is 8.51. The van der Waals surface area contributed by atoms with Gasteiger partial charge in [0, 0.05) is 0 Å². The fourth-order valence-electron chi connectivity index (χ4n) is 3.48. The fraction of sp³-hybridized carbons (Fsp3) is 1.00. The summed E-state index contributed by atoms with van der Waals surface area (Å²) in [5, 5.41) is 8.51. The Morgan fingerprint density at radius 1 is 1.15 bits per heavy atom. The van der Waals surface area contributed by atoms with Gasteiger partial charge in [0.1, 0.15) is 0 Å². The minimum atomic E-state index is -0.109. The Morgan fingerprint density at radius 3 is 2.80 bits per heavy atom. The molecule has 0 saturated carbocycles. The molecule has 1 rings (SSSR count). The van der Waals surface area contributed by atoms with Crippen LogP contribution in [-0.2, 0) is 4.89 Å². The van der Waals surface area contributed by atoms with Crippen molar-refractivity contribution in [3.05, 3.63) is 0 Å². The van der Waals surface area contributed by atoms with Gasteiger partial charge in [0.15, 0.2) is 0 Å². The molecule has 0 radical (unpaired) electrons. The summed E-state index contributed by atoms with van der Waals surface area (Å²) >= 11 is 0. The van der Waals surface area contributed by atoms with Gasteiger partial charge in [-0.05, 0) is 37.3 Å². The summed E-state index contributed by atoms with van der Waals surface area (Å²) in [6, 6.07) is 0. The molecule has 1 aliphatic rings. The summed E-state index contributed by atoms with van der Waals surface area (Å²) < 4.78 is 0. The van der Waals surface area contributed by atoms with Crippen molar-refractivity contribution in [3.8, 4) is 0 Å². The van der Waals surface area contributed by atoms with Crippen LogP contribution in [0, 0.1) is 5.92 Å². The van der Waals surface area contributed by atoms with Gasteiger partial charge in [-0.15, -0.1) is 0 Å². The summed E-state index contributed by atoms with van der Waals surface area (Å²) in [6.07, 6.45) is 14.8. The van der Waals surface area contributed by atoms with E-state index in [-0.39, 0.29) is 9.68 Å². The predicted molar refractivity (Wildman–Crippen MR) is 88.8 cm³/mol. The second kappa shape index (κ2) is 12.8. The van der Waals surface area contributed by atoms with E-state index in [1.165, 1.54) is 70.8 Å². The highest BCUT2D eigenvalue weighted by atomic mass is 28.2. The second-order valence-corrected chi connectivity index (χ2v) is 8.36. The first-order valence-corrected chi connectivity index (χ1v) is 10.4. The topological polar surface area (TPSA) is 41.5 Å². The maximum atomic E-state index is 8.51. The molecule has 0 spiro atoms. The molecule has 20 heavy (non-hydrogen) atoms. The number of hydrogen-bond donors (Lipinski definition) is 2. The molecule has 0 aromatic rings. The van der Waals surface area contributed by atoms with Gasteiger partial charge >= 0.3 is 0 Å². The highest BCUT2D eigenvalue weighted by Crippen LogP contribution is 2.32. The third-order valence-corrected chi connectivity index (χ3v) is 6.98. The molecule has 2 N–H and O–H groups in total. The zero-order valence-corrected chi connectivity index (χ0v) is 14.8. The zero-order chi connectivity index (χ0) is 14.5. The van der Waals surface area contributed by atoms with E-state index < -0.39 is 0 Å². The van der Waals surface area contributed by atoms with Crippen molar-refractivity contribution in [1.29, 1.82) is 0 Å². The van der Waals surface area contributed by atoms with Gasteiger partial charge in [0.05, 0.1) is 16.3 Å². The van der Waals surface area contributed by atoms with Gasteiger partial charge < -0.3 is 4.98 Å². The lowest BCUT2D eigenvalue weighted by atomic mass is 9.90. The standard InChI is InChI=1S/C16H35NO2Si/c1-2-3-4-6-10-15(11-9-14-19-18)16-12-7-5-8-13-17-20-16/h15-18H,2-14,20H2,1H3. The molecule has 0 bridgehead atoms. The van der Waals surface area contributed by atoms with Crippen LogP contribution in [0.3, 0.4) is 0 Å². The summed E-state index contributed by atoms with van der Waals surface area (Å²) in [5.74, 6) is 0.874. The molecule has 0 amide bonds. The summed E-state index contributed by atoms with van der Waals surface area (Å²) in [5.41, 5.74) is 0.968. The van der Waals surface area contributed by atoms with Crippen molar-refractivity contribution in [1.82, 2.24) is 4.98 Å². The number of rotatable bonds is 10. The van der Waals surface area contributed by atoms with Crippen molar-refractivity contribution in [2.45, 2.75) is 83.1 Å². The van der Waals surface area contributed by atoms with Crippen molar-refractivity contribution in [2.75, 3.05) is 13.2 Å². The largest absolute Gasteiger partial charge is 0.342 e. The lowest BCUT2D eigenvalue weighted by Crippen LogP contribution is -2.30. The van der Waals surface area contributed by atoms with Crippen molar-refractivity contribution < 1.29 is 10.1 Å². The van der Waals surface area contributed by atoms with Crippen LogP contribution in [-0.4, -0.2) is 28.1 Å². The van der Waals surface area contributed by atoms with Crippen molar-refractivity contribution >= 4 is 9.68 Å². The molecule has 0 aliphatic carbocycles. The summed E-state index contributed by atoms with van der Waals surface area (Å²) in [6.45, 7) is 4.04. The average Bonchev–Trinajstić information content (AvgIpc) is 2.42. The first-order valence-electron chi connectivity index (χ1n) is 8.85. The van der Waals surface area contributed by atoms with Gasteiger partial charge in [0.25, 0.3) is 0 Å². The van der Waals surface area contributed by atoms with E-state index in [1.807, 2.05) is 0 Å². The van der Waals surface area contributed by atoms with Crippen LogP contribution < -0.4 is 4.98 Å². The van der Waals surface area contributed by atoms with Crippen LogP contribution in [0.1, 0.15) is 77.6 Å². The molecule has 1 saturated heterocycles. The van der Waals surface area contributed by atoms with Gasteiger partial charge in [-0.3, -0.25) is 5.26 Å². The van der Waals surface area contributed by atoms with E-state index in [0.29, 0.717) is 6.61 Å². The molecule has 0 aromatic carbocycles. The lowest BCUT2D eigenvalue weighted by Gasteiger charge is -2.29. The molecule has 3 nitrogen and oxygen atoms in total. The van der Waals surface area contributed by atoms with Crippen LogP contribution in [0.4, 0.5) is 0 Å². The van der Waals surface area contributed by atoms with Gasteiger partial charge in [0.2, 0.25) is 0 Å². The lowest BCUT2D eigenvalue weighted by molar-refractivity contribution is -0.243. The van der Waals surface area contributed by atoms with Crippen LogP contribution in [0.15, 0.2) is 0 Å². The Morgan fingerprint density at radius 2 is 2.00 bits per heavy atom. The molecular weight excluding hydrogens is 266 g/mol. The maximum Gasteiger partial charge on any atom is 0.0950 e. The van der Waals surface area contributed by atoms with Crippen molar-refractivity contribution in [3.63, 3.8) is 0 Å². The smallest absolute Gasteiger partial charge is 0.0950 e. The zero-order valence-electron chi connectivity index (χ0n) is 13.4. The Hall–Kier alpha value is 0.0969. The molecular formula is C16H35NO2Si. The Kier molecular flexibility index (Phi) is 11.6. The van der Waals surface area contributed by atoms with Crippen LogP contribution in [0.25, 0.3) is 0 Å². The number of nitrogens with one attached hydrogen (secondary N) is 1. The van der Waals surface area contributed by atoms with Crippen LogP contribution in [0.5, 0.6) is 0 Å².